The van der Waals surface area contributed by atoms with Crippen molar-refractivity contribution in [2.45, 2.75) is 51.7 Å². The third-order valence-electron chi connectivity index (χ3n) is 2.40. The highest BCUT2D eigenvalue weighted by atomic mass is 16.6. The second kappa shape index (κ2) is 13.1. The number of carbonyl (C=O) groups is 3. The van der Waals surface area contributed by atoms with Gasteiger partial charge in [0.15, 0.2) is 11.9 Å². The summed E-state index contributed by atoms with van der Waals surface area (Å²) in [5.41, 5.74) is 0. The van der Waals surface area contributed by atoms with E-state index in [9.17, 15) is 14.4 Å². The Bertz CT molecular complexity index is 427. The molecule has 140 valence electrons. The number of hydrogen-bond acceptors (Lipinski definition) is 8. The van der Waals surface area contributed by atoms with Crippen LogP contribution in [0.4, 0.5) is 0 Å². The van der Waals surface area contributed by atoms with E-state index in [-0.39, 0.29) is 0 Å². The van der Waals surface area contributed by atoms with Gasteiger partial charge in [0.2, 0.25) is 5.76 Å². The fourth-order valence-corrected chi connectivity index (χ4v) is 1.25. The molecule has 2 atom stereocenters. The van der Waals surface area contributed by atoms with Gasteiger partial charge in [-0.25, -0.2) is 4.79 Å². The predicted molar refractivity (Wildman–Crippen MR) is 80.3 cm³/mol. The lowest BCUT2D eigenvalue weighted by molar-refractivity contribution is -0.147. The summed E-state index contributed by atoms with van der Waals surface area (Å²) in [6.07, 6.45) is -0.730. The number of aliphatic hydroxyl groups is 4. The molecule has 0 saturated heterocycles. The van der Waals surface area contributed by atoms with Gasteiger partial charge in [-0.1, -0.05) is 13.8 Å². The molecule has 10 heteroatoms. The van der Waals surface area contributed by atoms with Gasteiger partial charge in [0, 0.05) is 12.8 Å². The Labute approximate surface area is 138 Å². The molecular weight excluding hydrogens is 328 g/mol. The van der Waals surface area contributed by atoms with Crippen LogP contribution < -0.4 is 0 Å². The SMILES string of the molecule is CCCC(=O)O.CCCC(=O)O.O=C1O[C@H]([C@@H](O)CO)C(O)=C1O. The average Bonchev–Trinajstić information content (AvgIpc) is 2.75. The summed E-state index contributed by atoms with van der Waals surface area (Å²) in [5.74, 6) is -4.20. The van der Waals surface area contributed by atoms with Crippen molar-refractivity contribution >= 4 is 17.9 Å². The molecule has 0 saturated carbocycles. The van der Waals surface area contributed by atoms with Crippen molar-refractivity contribution in [1.29, 1.82) is 0 Å². The van der Waals surface area contributed by atoms with Gasteiger partial charge in [-0.15, -0.1) is 0 Å². The van der Waals surface area contributed by atoms with Crippen molar-refractivity contribution in [2.75, 3.05) is 6.61 Å². The summed E-state index contributed by atoms with van der Waals surface area (Å²) in [6, 6.07) is 0. The number of rotatable bonds is 6. The molecular formula is C14H24O10. The van der Waals surface area contributed by atoms with Gasteiger partial charge in [0.05, 0.1) is 6.61 Å². The molecule has 10 nitrogen and oxygen atoms in total. The summed E-state index contributed by atoms with van der Waals surface area (Å²) >= 11 is 0. The fraction of sp³-hybridized carbons (Fsp3) is 0.643. The van der Waals surface area contributed by atoms with E-state index in [1.807, 2.05) is 13.8 Å². The highest BCUT2D eigenvalue weighted by Crippen LogP contribution is 2.20. The van der Waals surface area contributed by atoms with E-state index >= 15 is 0 Å². The summed E-state index contributed by atoms with van der Waals surface area (Å²) in [5, 5.41) is 50.9. The van der Waals surface area contributed by atoms with Crippen molar-refractivity contribution in [2.24, 2.45) is 0 Å². The van der Waals surface area contributed by atoms with Crippen LogP contribution in [0.1, 0.15) is 39.5 Å². The summed E-state index contributed by atoms with van der Waals surface area (Å²) in [6.45, 7) is 3.01. The number of carboxylic acid groups (broad SMARTS) is 2. The number of ether oxygens (including phenoxy) is 1. The molecule has 0 fully saturated rings. The second-order valence-corrected chi connectivity index (χ2v) is 4.60. The van der Waals surface area contributed by atoms with Crippen LogP contribution in [0, 0.1) is 0 Å². The van der Waals surface area contributed by atoms with Crippen LogP contribution in [0.15, 0.2) is 11.5 Å². The maximum absolute atomic E-state index is 10.5. The van der Waals surface area contributed by atoms with Crippen LogP contribution in [0.25, 0.3) is 0 Å². The molecule has 0 aliphatic carbocycles. The first-order valence-corrected chi connectivity index (χ1v) is 7.17. The zero-order valence-corrected chi connectivity index (χ0v) is 13.5. The monoisotopic (exact) mass is 352 g/mol. The fourth-order valence-electron chi connectivity index (χ4n) is 1.25. The molecule has 1 aliphatic rings. The third-order valence-corrected chi connectivity index (χ3v) is 2.40. The average molecular weight is 352 g/mol. The molecule has 0 amide bonds. The van der Waals surface area contributed by atoms with Gasteiger partial charge >= 0.3 is 17.9 Å². The van der Waals surface area contributed by atoms with Crippen LogP contribution >= 0.6 is 0 Å². The number of aliphatic carboxylic acids is 2. The van der Waals surface area contributed by atoms with E-state index in [1.54, 1.807) is 0 Å². The molecule has 1 aliphatic heterocycles. The lowest BCUT2D eigenvalue weighted by atomic mass is 10.2. The number of hydrogen-bond donors (Lipinski definition) is 6. The lowest BCUT2D eigenvalue weighted by Crippen LogP contribution is -2.31. The Hall–Kier alpha value is -2.33. The lowest BCUT2D eigenvalue weighted by Gasteiger charge is -2.13. The molecule has 1 rings (SSSR count). The second-order valence-electron chi connectivity index (χ2n) is 4.60. The minimum absolute atomic E-state index is 0.292. The molecule has 0 bridgehead atoms. The Morgan fingerprint density at radius 1 is 1.08 bits per heavy atom. The van der Waals surface area contributed by atoms with E-state index < -0.39 is 48.2 Å². The number of cyclic esters (lactones) is 1. The molecule has 0 aromatic rings. The van der Waals surface area contributed by atoms with Crippen LogP contribution in [-0.4, -0.2) is 67.4 Å². The smallest absolute Gasteiger partial charge is 0.377 e. The van der Waals surface area contributed by atoms with Crippen molar-refractivity contribution in [3.05, 3.63) is 11.5 Å². The molecule has 6 N–H and O–H groups in total. The maximum Gasteiger partial charge on any atom is 0.377 e. The Balaban J connectivity index is 0. The Kier molecular flexibility index (Phi) is 13.1. The molecule has 0 aromatic carbocycles. The number of carboxylic acids is 2. The molecule has 1 heterocycles. The number of aliphatic hydroxyl groups excluding tert-OH is 4. The first-order valence-electron chi connectivity index (χ1n) is 7.17. The topological polar surface area (TPSA) is 182 Å². The van der Waals surface area contributed by atoms with Gasteiger partial charge in [0.25, 0.3) is 0 Å². The maximum atomic E-state index is 10.5. The van der Waals surface area contributed by atoms with E-state index in [4.69, 9.17) is 30.6 Å². The zero-order chi connectivity index (χ0) is 19.3. The van der Waals surface area contributed by atoms with Gasteiger partial charge in [0.1, 0.15) is 6.10 Å². The highest BCUT2D eigenvalue weighted by Gasteiger charge is 2.38. The Morgan fingerprint density at radius 3 is 1.67 bits per heavy atom. The van der Waals surface area contributed by atoms with Crippen molar-refractivity contribution in [3.8, 4) is 0 Å². The van der Waals surface area contributed by atoms with Crippen molar-refractivity contribution in [1.82, 2.24) is 0 Å². The van der Waals surface area contributed by atoms with Crippen LogP contribution in [0.2, 0.25) is 0 Å². The predicted octanol–water partition coefficient (Wildman–Crippen LogP) is 0.335. The van der Waals surface area contributed by atoms with Crippen LogP contribution in [0.3, 0.4) is 0 Å². The van der Waals surface area contributed by atoms with Gasteiger partial charge < -0.3 is 35.4 Å². The van der Waals surface area contributed by atoms with Gasteiger partial charge in [-0.3, -0.25) is 9.59 Å². The Morgan fingerprint density at radius 2 is 1.50 bits per heavy atom. The quantitative estimate of drug-likeness (QED) is 0.364. The van der Waals surface area contributed by atoms with E-state index in [0.717, 1.165) is 12.8 Å². The largest absolute Gasteiger partial charge is 0.505 e. The number of esters is 1. The molecule has 0 radical (unpaired) electrons. The molecule has 24 heavy (non-hydrogen) atoms. The first-order chi connectivity index (χ1) is 11.1. The zero-order valence-electron chi connectivity index (χ0n) is 13.5. The minimum Gasteiger partial charge on any atom is -0.505 e. The van der Waals surface area contributed by atoms with E-state index in [0.29, 0.717) is 12.8 Å². The third kappa shape index (κ3) is 10.4. The van der Waals surface area contributed by atoms with E-state index in [1.165, 1.54) is 0 Å². The van der Waals surface area contributed by atoms with Crippen LogP contribution in [0.5, 0.6) is 0 Å². The molecule has 0 spiro atoms. The first kappa shape index (κ1) is 23.9. The summed E-state index contributed by atoms with van der Waals surface area (Å²) in [4.78, 5) is 29.7. The number of carbonyl (C=O) groups excluding carboxylic acids is 1. The standard InChI is InChI=1S/C6H8O6.2C4H8O2/c7-1-2(8)5-3(9)4(10)6(11)12-5;2*1-2-3-4(5)6/h2,5,7-10H,1H2;2*2-3H2,1H3,(H,5,6)/t2-,5+;;/m0../s1. The highest BCUT2D eigenvalue weighted by molar-refractivity contribution is 5.89. The summed E-state index contributed by atoms with van der Waals surface area (Å²) in [7, 11) is 0. The van der Waals surface area contributed by atoms with Crippen LogP contribution in [-0.2, 0) is 19.1 Å². The molecule has 0 unspecified atom stereocenters. The van der Waals surface area contributed by atoms with Crippen molar-refractivity contribution < 1.29 is 49.8 Å². The minimum atomic E-state index is -1.42. The van der Waals surface area contributed by atoms with E-state index in [2.05, 4.69) is 4.74 Å². The normalized spacial score (nSPS) is 17.0. The van der Waals surface area contributed by atoms with Gasteiger partial charge in [-0.05, 0) is 12.8 Å². The van der Waals surface area contributed by atoms with Gasteiger partial charge in [-0.2, -0.15) is 0 Å². The van der Waals surface area contributed by atoms with Crippen molar-refractivity contribution in [3.63, 3.8) is 0 Å². The molecule has 0 aromatic heterocycles. The summed E-state index contributed by atoms with van der Waals surface area (Å²) < 4.78 is 4.32.